The summed E-state index contributed by atoms with van der Waals surface area (Å²) in [5.74, 6) is 0. The smallest absolute Gasteiger partial charge is 0.0991 e. The fraction of sp³-hybridized carbons (Fsp3) is 0.278. The summed E-state index contributed by atoms with van der Waals surface area (Å²) in [6.45, 7) is 2.67. The molecule has 21 heavy (non-hydrogen) atoms. The van der Waals surface area contributed by atoms with Crippen LogP contribution < -0.4 is 4.90 Å². The van der Waals surface area contributed by atoms with Crippen molar-refractivity contribution in [3.63, 3.8) is 0 Å². The highest BCUT2D eigenvalue weighted by molar-refractivity contribution is 5.54. The van der Waals surface area contributed by atoms with Gasteiger partial charge in [-0.3, -0.25) is 0 Å². The van der Waals surface area contributed by atoms with Crippen LogP contribution in [0.2, 0.25) is 0 Å². The highest BCUT2D eigenvalue weighted by Gasteiger charge is 2.13. The van der Waals surface area contributed by atoms with E-state index in [9.17, 15) is 5.11 Å². The number of nitriles is 1. The maximum Gasteiger partial charge on any atom is 0.0991 e. The topological polar surface area (TPSA) is 47.3 Å². The molecule has 2 rings (SSSR count). The predicted octanol–water partition coefficient (Wildman–Crippen LogP) is 3.64. The van der Waals surface area contributed by atoms with Crippen molar-refractivity contribution in [3.05, 3.63) is 65.2 Å². The molecule has 1 atom stereocenters. The average Bonchev–Trinajstić information content (AvgIpc) is 2.54. The van der Waals surface area contributed by atoms with Crippen LogP contribution >= 0.6 is 0 Å². The van der Waals surface area contributed by atoms with Crippen molar-refractivity contribution in [2.75, 3.05) is 11.9 Å². The molecule has 0 bridgehead atoms. The molecule has 0 saturated carbocycles. The molecule has 3 nitrogen and oxygen atoms in total. The summed E-state index contributed by atoms with van der Waals surface area (Å²) in [4.78, 5) is 2.10. The zero-order valence-corrected chi connectivity index (χ0v) is 12.5. The third-order valence-electron chi connectivity index (χ3n) is 3.57. The van der Waals surface area contributed by atoms with Crippen LogP contribution in [0.1, 0.15) is 36.1 Å². The highest BCUT2D eigenvalue weighted by Crippen LogP contribution is 2.28. The van der Waals surface area contributed by atoms with Gasteiger partial charge in [0.15, 0.2) is 0 Å². The van der Waals surface area contributed by atoms with E-state index in [2.05, 4.69) is 11.0 Å². The van der Waals surface area contributed by atoms with Crippen molar-refractivity contribution in [2.45, 2.75) is 26.0 Å². The Hall–Kier alpha value is -2.31. The van der Waals surface area contributed by atoms with Gasteiger partial charge in [-0.15, -0.1) is 0 Å². The first-order chi connectivity index (χ1) is 10.2. The van der Waals surface area contributed by atoms with E-state index in [0.29, 0.717) is 18.5 Å². The van der Waals surface area contributed by atoms with E-state index < -0.39 is 6.10 Å². The summed E-state index contributed by atoms with van der Waals surface area (Å²) in [5.41, 5.74) is 3.72. The molecule has 0 unspecified atom stereocenters. The summed E-state index contributed by atoms with van der Waals surface area (Å²) in [6, 6.07) is 17.7. The van der Waals surface area contributed by atoms with E-state index >= 15 is 0 Å². The molecule has 2 aromatic carbocycles. The summed E-state index contributed by atoms with van der Waals surface area (Å²) in [7, 11) is 2.00. The number of nitrogens with zero attached hydrogens (tertiary/aromatic N) is 2. The van der Waals surface area contributed by atoms with Crippen LogP contribution in [0.15, 0.2) is 48.5 Å². The maximum atomic E-state index is 10.1. The van der Waals surface area contributed by atoms with Crippen LogP contribution in [-0.4, -0.2) is 12.2 Å². The lowest BCUT2D eigenvalue weighted by molar-refractivity contribution is 0.174. The second-order valence-electron chi connectivity index (χ2n) is 5.15. The second kappa shape index (κ2) is 6.92. The molecule has 0 aliphatic carbocycles. The van der Waals surface area contributed by atoms with E-state index in [-0.39, 0.29) is 0 Å². The van der Waals surface area contributed by atoms with Crippen molar-refractivity contribution < 1.29 is 5.11 Å². The molecule has 0 aliphatic rings. The number of para-hydroxylation sites is 1. The first-order valence-corrected chi connectivity index (χ1v) is 7.13. The monoisotopic (exact) mass is 280 g/mol. The second-order valence-corrected chi connectivity index (χ2v) is 5.15. The van der Waals surface area contributed by atoms with Crippen LogP contribution in [0, 0.1) is 11.3 Å². The zero-order valence-electron chi connectivity index (χ0n) is 12.5. The van der Waals surface area contributed by atoms with Crippen LogP contribution in [0.3, 0.4) is 0 Å². The van der Waals surface area contributed by atoms with Gasteiger partial charge in [-0.1, -0.05) is 37.3 Å². The van der Waals surface area contributed by atoms with Crippen LogP contribution in [0.25, 0.3) is 0 Å². The third-order valence-corrected chi connectivity index (χ3v) is 3.57. The molecule has 0 spiro atoms. The lowest BCUT2D eigenvalue weighted by Crippen LogP contribution is -2.19. The fourth-order valence-corrected chi connectivity index (χ4v) is 2.44. The Kier molecular flexibility index (Phi) is 4.97. The van der Waals surface area contributed by atoms with Gasteiger partial charge in [0.05, 0.1) is 17.7 Å². The summed E-state index contributed by atoms with van der Waals surface area (Å²) < 4.78 is 0. The number of anilines is 1. The van der Waals surface area contributed by atoms with E-state index in [1.165, 1.54) is 0 Å². The maximum absolute atomic E-state index is 10.1. The van der Waals surface area contributed by atoms with Gasteiger partial charge >= 0.3 is 0 Å². The number of aliphatic hydroxyl groups is 1. The molecule has 0 aromatic heterocycles. The minimum absolute atomic E-state index is 0.450. The highest BCUT2D eigenvalue weighted by atomic mass is 16.3. The van der Waals surface area contributed by atoms with Gasteiger partial charge in [0.2, 0.25) is 0 Å². The lowest BCUT2D eigenvalue weighted by atomic mass is 10.0. The number of hydrogen-bond donors (Lipinski definition) is 1. The van der Waals surface area contributed by atoms with Crippen molar-refractivity contribution in [1.29, 1.82) is 5.26 Å². The number of benzene rings is 2. The first kappa shape index (κ1) is 15.1. The summed E-state index contributed by atoms with van der Waals surface area (Å²) >= 11 is 0. The quantitative estimate of drug-likeness (QED) is 0.909. The molecule has 0 radical (unpaired) electrons. The Bertz CT molecular complexity index is 646. The lowest BCUT2D eigenvalue weighted by Gasteiger charge is -2.24. The van der Waals surface area contributed by atoms with Crippen LogP contribution in [-0.2, 0) is 6.54 Å². The fourth-order valence-electron chi connectivity index (χ4n) is 2.44. The van der Waals surface area contributed by atoms with E-state index in [0.717, 1.165) is 16.8 Å². The molecule has 0 fully saturated rings. The minimum Gasteiger partial charge on any atom is -0.388 e. The van der Waals surface area contributed by atoms with Crippen molar-refractivity contribution in [1.82, 2.24) is 0 Å². The minimum atomic E-state index is -0.450. The van der Waals surface area contributed by atoms with Gasteiger partial charge in [-0.05, 0) is 30.2 Å². The molecule has 2 aromatic rings. The molecule has 3 heteroatoms. The standard InChI is InChI=1S/C18H20N2O/c1-3-18(21)16-9-4-5-10-17(16)20(2)13-15-8-6-7-14(11-15)12-19/h4-11,18,21H,3,13H2,1-2H3/t18-/m1/s1. The number of rotatable bonds is 5. The largest absolute Gasteiger partial charge is 0.388 e. The Labute approximate surface area is 126 Å². The zero-order chi connectivity index (χ0) is 15.2. The van der Waals surface area contributed by atoms with E-state index in [1.807, 2.05) is 56.4 Å². The summed E-state index contributed by atoms with van der Waals surface area (Å²) in [5, 5.41) is 19.1. The van der Waals surface area contributed by atoms with Gasteiger partial charge in [0.25, 0.3) is 0 Å². The van der Waals surface area contributed by atoms with Crippen LogP contribution in [0.4, 0.5) is 5.69 Å². The molecular formula is C18H20N2O. The molecule has 108 valence electrons. The van der Waals surface area contributed by atoms with Crippen molar-refractivity contribution in [2.24, 2.45) is 0 Å². The molecule has 0 aliphatic heterocycles. The van der Waals surface area contributed by atoms with Gasteiger partial charge in [-0.25, -0.2) is 0 Å². The third kappa shape index (κ3) is 3.62. The van der Waals surface area contributed by atoms with Gasteiger partial charge < -0.3 is 10.0 Å². The van der Waals surface area contributed by atoms with Gasteiger partial charge in [-0.2, -0.15) is 5.26 Å². The number of hydrogen-bond acceptors (Lipinski definition) is 3. The van der Waals surface area contributed by atoms with Crippen molar-refractivity contribution in [3.8, 4) is 6.07 Å². The Balaban J connectivity index is 2.24. The molecular weight excluding hydrogens is 260 g/mol. The number of aliphatic hydroxyl groups excluding tert-OH is 1. The van der Waals surface area contributed by atoms with Crippen LogP contribution in [0.5, 0.6) is 0 Å². The van der Waals surface area contributed by atoms with Gasteiger partial charge in [0.1, 0.15) is 0 Å². The molecule has 1 N–H and O–H groups in total. The van der Waals surface area contributed by atoms with E-state index in [1.54, 1.807) is 6.07 Å². The van der Waals surface area contributed by atoms with E-state index in [4.69, 9.17) is 5.26 Å². The predicted molar refractivity (Wildman–Crippen MR) is 85.0 cm³/mol. The Morgan fingerprint density at radius 3 is 2.67 bits per heavy atom. The SMILES string of the molecule is CC[C@@H](O)c1ccccc1N(C)Cc1cccc(C#N)c1. The normalized spacial score (nSPS) is 11.7. The van der Waals surface area contributed by atoms with Crippen molar-refractivity contribution >= 4 is 5.69 Å². The van der Waals surface area contributed by atoms with Gasteiger partial charge in [0, 0.05) is 24.8 Å². The average molecular weight is 280 g/mol. The Morgan fingerprint density at radius 1 is 1.19 bits per heavy atom. The molecule has 0 amide bonds. The Morgan fingerprint density at radius 2 is 1.95 bits per heavy atom. The summed E-state index contributed by atoms with van der Waals surface area (Å²) in [6.07, 6.45) is 0.239. The first-order valence-electron chi connectivity index (χ1n) is 7.13. The molecule has 0 saturated heterocycles. The molecule has 0 heterocycles.